The minimum absolute atomic E-state index is 0.110. The van der Waals surface area contributed by atoms with E-state index in [4.69, 9.17) is 14.2 Å². The first kappa shape index (κ1) is 14.4. The Hall–Kier alpha value is -3.15. The van der Waals surface area contributed by atoms with E-state index in [1.807, 2.05) is 24.4 Å². The molecule has 0 bridgehead atoms. The molecule has 0 atom stereocenters. The number of benzene rings is 2. The highest BCUT2D eigenvalue weighted by Gasteiger charge is 2.16. The van der Waals surface area contributed by atoms with Gasteiger partial charge in [0.1, 0.15) is 5.75 Å². The fourth-order valence-corrected chi connectivity index (χ4v) is 2.88. The summed E-state index contributed by atoms with van der Waals surface area (Å²) in [4.78, 5) is 15.6. The Kier molecular flexibility index (Phi) is 3.49. The summed E-state index contributed by atoms with van der Waals surface area (Å²) >= 11 is 0. The van der Waals surface area contributed by atoms with Crippen LogP contribution in [0.25, 0.3) is 10.9 Å². The maximum absolute atomic E-state index is 12.4. The van der Waals surface area contributed by atoms with Crippen molar-refractivity contribution in [3.05, 3.63) is 48.2 Å². The molecular weight excluding hydrogens is 308 g/mol. The van der Waals surface area contributed by atoms with Gasteiger partial charge in [-0.2, -0.15) is 0 Å². The topological polar surface area (TPSA) is 72.6 Å². The van der Waals surface area contributed by atoms with Gasteiger partial charge in [-0.1, -0.05) is 6.07 Å². The number of anilines is 1. The molecule has 2 N–H and O–H groups in total. The molecule has 6 nitrogen and oxygen atoms in total. The van der Waals surface area contributed by atoms with Crippen molar-refractivity contribution < 1.29 is 19.0 Å². The smallest absolute Gasteiger partial charge is 0.231 e. The molecule has 2 heterocycles. The van der Waals surface area contributed by atoms with Crippen molar-refractivity contribution in [1.29, 1.82) is 0 Å². The second-order valence-electron chi connectivity index (χ2n) is 5.49. The number of hydrogen-bond acceptors (Lipinski definition) is 4. The summed E-state index contributed by atoms with van der Waals surface area (Å²) in [6.07, 6.45) is 2.08. The molecule has 3 aromatic rings. The number of hydrogen-bond donors (Lipinski definition) is 2. The zero-order valence-corrected chi connectivity index (χ0v) is 13.1. The van der Waals surface area contributed by atoms with Crippen LogP contribution in [0.2, 0.25) is 0 Å². The molecule has 4 rings (SSSR count). The fourth-order valence-electron chi connectivity index (χ4n) is 2.88. The Morgan fingerprint density at radius 2 is 2.12 bits per heavy atom. The lowest BCUT2D eigenvalue weighted by Crippen LogP contribution is -2.14. The molecule has 1 aliphatic rings. The molecule has 0 saturated heterocycles. The Morgan fingerprint density at radius 1 is 1.25 bits per heavy atom. The van der Waals surface area contributed by atoms with Crippen molar-refractivity contribution in [1.82, 2.24) is 4.98 Å². The summed E-state index contributed by atoms with van der Waals surface area (Å²) in [5.41, 5.74) is 2.51. The van der Waals surface area contributed by atoms with Crippen LogP contribution in [0.4, 0.5) is 5.69 Å². The van der Waals surface area contributed by atoms with Crippen molar-refractivity contribution >= 4 is 22.5 Å². The third-order valence-electron chi connectivity index (χ3n) is 3.98. The van der Waals surface area contributed by atoms with E-state index >= 15 is 0 Å². The van der Waals surface area contributed by atoms with Gasteiger partial charge in [0.15, 0.2) is 11.5 Å². The lowest BCUT2D eigenvalue weighted by molar-refractivity contribution is -0.115. The molecule has 122 valence electrons. The molecule has 2 aromatic carbocycles. The van der Waals surface area contributed by atoms with Gasteiger partial charge in [-0.15, -0.1) is 0 Å². The maximum atomic E-state index is 12.4. The van der Waals surface area contributed by atoms with Gasteiger partial charge in [0, 0.05) is 28.9 Å². The summed E-state index contributed by atoms with van der Waals surface area (Å²) in [6, 6.07) is 11.1. The molecular formula is C18H16N2O4. The van der Waals surface area contributed by atoms with E-state index in [0.717, 1.165) is 22.2 Å². The van der Waals surface area contributed by atoms with Crippen LogP contribution in [0.1, 0.15) is 5.56 Å². The minimum Gasteiger partial charge on any atom is -0.496 e. The van der Waals surface area contributed by atoms with Gasteiger partial charge in [0.2, 0.25) is 12.7 Å². The first-order valence-corrected chi connectivity index (χ1v) is 7.57. The number of aromatic amines is 1. The Balaban J connectivity index is 1.54. The van der Waals surface area contributed by atoms with Gasteiger partial charge in [-0.05, 0) is 29.8 Å². The average Bonchev–Trinajstić information content (AvgIpc) is 3.21. The van der Waals surface area contributed by atoms with Crippen molar-refractivity contribution in [2.45, 2.75) is 6.42 Å². The number of H-pyrrole nitrogens is 1. The van der Waals surface area contributed by atoms with E-state index < -0.39 is 0 Å². The van der Waals surface area contributed by atoms with E-state index in [1.165, 1.54) is 0 Å². The number of carbonyl (C=O) groups excluding carboxylic acids is 1. The molecule has 1 aliphatic heterocycles. The number of aromatic nitrogens is 1. The van der Waals surface area contributed by atoms with Crippen molar-refractivity contribution in [3.8, 4) is 17.2 Å². The number of fused-ring (bicyclic) bond motifs is 2. The molecule has 0 saturated carbocycles. The average molecular weight is 324 g/mol. The van der Waals surface area contributed by atoms with Crippen LogP contribution in [0.3, 0.4) is 0 Å². The highest BCUT2D eigenvalue weighted by molar-refractivity contribution is 5.97. The van der Waals surface area contributed by atoms with Crippen LogP contribution in [0, 0.1) is 0 Å². The molecule has 24 heavy (non-hydrogen) atoms. The normalized spacial score (nSPS) is 12.4. The molecule has 1 amide bonds. The standard InChI is InChI=1S/C18H16N2O4/c1-22-15-4-2-3-13-18(15)11(9-19-13)7-17(21)20-12-5-6-14-16(8-12)24-10-23-14/h2-6,8-9,19H,7,10H2,1H3,(H,20,21). The number of nitrogens with one attached hydrogen (secondary N) is 2. The van der Waals surface area contributed by atoms with E-state index in [9.17, 15) is 4.79 Å². The van der Waals surface area contributed by atoms with Crippen LogP contribution >= 0.6 is 0 Å². The number of ether oxygens (including phenoxy) is 3. The lowest BCUT2D eigenvalue weighted by Gasteiger charge is -2.07. The third-order valence-corrected chi connectivity index (χ3v) is 3.98. The molecule has 0 radical (unpaired) electrons. The summed E-state index contributed by atoms with van der Waals surface area (Å²) in [6.45, 7) is 0.210. The van der Waals surface area contributed by atoms with Crippen molar-refractivity contribution in [3.63, 3.8) is 0 Å². The summed E-state index contributed by atoms with van der Waals surface area (Å²) in [5, 5.41) is 3.81. The van der Waals surface area contributed by atoms with E-state index in [-0.39, 0.29) is 19.1 Å². The fraction of sp³-hybridized carbons (Fsp3) is 0.167. The van der Waals surface area contributed by atoms with E-state index in [2.05, 4.69) is 10.3 Å². The summed E-state index contributed by atoms with van der Waals surface area (Å²) < 4.78 is 16.0. The second kappa shape index (κ2) is 5.81. The molecule has 6 heteroatoms. The van der Waals surface area contributed by atoms with E-state index in [1.54, 1.807) is 25.3 Å². The zero-order chi connectivity index (χ0) is 16.5. The Labute approximate surface area is 138 Å². The van der Waals surface area contributed by atoms with Crippen molar-refractivity contribution in [2.75, 3.05) is 19.2 Å². The van der Waals surface area contributed by atoms with Crippen molar-refractivity contribution in [2.24, 2.45) is 0 Å². The molecule has 0 unspecified atom stereocenters. The van der Waals surface area contributed by atoms with Crippen LogP contribution in [-0.4, -0.2) is 24.8 Å². The molecule has 0 spiro atoms. The molecule has 0 fully saturated rings. The van der Waals surface area contributed by atoms with Gasteiger partial charge >= 0.3 is 0 Å². The van der Waals surface area contributed by atoms with Crippen LogP contribution < -0.4 is 19.5 Å². The predicted octanol–water partition coefficient (Wildman–Crippen LogP) is 3.09. The maximum Gasteiger partial charge on any atom is 0.231 e. The highest BCUT2D eigenvalue weighted by Crippen LogP contribution is 2.34. The molecule has 1 aromatic heterocycles. The number of rotatable bonds is 4. The van der Waals surface area contributed by atoms with Gasteiger partial charge in [-0.25, -0.2) is 0 Å². The lowest BCUT2D eigenvalue weighted by atomic mass is 10.1. The van der Waals surface area contributed by atoms with Gasteiger partial charge in [0.05, 0.1) is 13.5 Å². The quantitative estimate of drug-likeness (QED) is 0.773. The van der Waals surface area contributed by atoms with E-state index in [0.29, 0.717) is 17.2 Å². The number of carbonyl (C=O) groups is 1. The van der Waals surface area contributed by atoms with Crippen LogP contribution in [0.5, 0.6) is 17.2 Å². The minimum atomic E-state index is -0.110. The summed E-state index contributed by atoms with van der Waals surface area (Å²) in [5.74, 6) is 1.97. The number of methoxy groups -OCH3 is 1. The first-order chi connectivity index (χ1) is 11.7. The summed E-state index contributed by atoms with van der Waals surface area (Å²) in [7, 11) is 1.62. The van der Waals surface area contributed by atoms with Gasteiger partial charge < -0.3 is 24.5 Å². The largest absolute Gasteiger partial charge is 0.496 e. The second-order valence-corrected chi connectivity index (χ2v) is 5.49. The highest BCUT2D eigenvalue weighted by atomic mass is 16.7. The predicted molar refractivity (Wildman–Crippen MR) is 89.7 cm³/mol. The Bertz CT molecular complexity index is 917. The zero-order valence-electron chi connectivity index (χ0n) is 13.1. The third kappa shape index (κ3) is 2.52. The first-order valence-electron chi connectivity index (χ1n) is 7.57. The van der Waals surface area contributed by atoms with Gasteiger partial charge in [0.25, 0.3) is 0 Å². The monoisotopic (exact) mass is 324 g/mol. The van der Waals surface area contributed by atoms with Crippen LogP contribution in [0.15, 0.2) is 42.6 Å². The van der Waals surface area contributed by atoms with Gasteiger partial charge in [-0.3, -0.25) is 4.79 Å². The molecule has 0 aliphatic carbocycles. The SMILES string of the molecule is COc1cccc2[nH]cc(CC(=O)Nc3ccc4c(c3)OCO4)c12. The van der Waals surface area contributed by atoms with Crippen LogP contribution in [-0.2, 0) is 11.2 Å². The number of amides is 1. The Morgan fingerprint density at radius 3 is 3.00 bits per heavy atom.